The van der Waals surface area contributed by atoms with Crippen LogP contribution in [-0.4, -0.2) is 50.8 Å². The lowest BCUT2D eigenvalue weighted by Gasteiger charge is -2.32. The number of anilines is 1. The first-order valence-corrected chi connectivity index (χ1v) is 15.2. The molecule has 3 aromatic carbocycles. The lowest BCUT2D eigenvalue weighted by Crippen LogP contribution is -2.52. The maximum absolute atomic E-state index is 13.9. The first kappa shape index (κ1) is 31.2. The van der Waals surface area contributed by atoms with E-state index in [2.05, 4.69) is 5.32 Å². The molecule has 0 bridgehead atoms. The number of amides is 2. The molecule has 0 saturated carbocycles. The number of hydrogen-bond acceptors (Lipinski definition) is 4. The maximum Gasteiger partial charge on any atom is 0.264 e. The van der Waals surface area contributed by atoms with E-state index in [1.807, 2.05) is 58.0 Å². The van der Waals surface area contributed by atoms with Crippen LogP contribution in [-0.2, 0) is 26.0 Å². The van der Waals surface area contributed by atoms with Gasteiger partial charge in [-0.3, -0.25) is 13.9 Å². The smallest absolute Gasteiger partial charge is 0.264 e. The highest BCUT2D eigenvalue weighted by molar-refractivity contribution is 7.92. The van der Waals surface area contributed by atoms with Gasteiger partial charge in [0.1, 0.15) is 12.6 Å². The van der Waals surface area contributed by atoms with Crippen LogP contribution in [0.5, 0.6) is 0 Å². The second-order valence-electron chi connectivity index (χ2n) is 10.4. The third-order valence-corrected chi connectivity index (χ3v) is 8.86. The summed E-state index contributed by atoms with van der Waals surface area (Å²) in [6, 6.07) is 20.2. The number of benzene rings is 3. The van der Waals surface area contributed by atoms with E-state index in [1.54, 1.807) is 37.3 Å². The van der Waals surface area contributed by atoms with Crippen molar-refractivity contribution in [2.24, 2.45) is 5.92 Å². The Bertz CT molecular complexity index is 1410. The number of aryl methyl sites for hydroxylation is 2. The molecule has 1 N–H and O–H groups in total. The minimum Gasteiger partial charge on any atom is -0.354 e. The van der Waals surface area contributed by atoms with E-state index in [-0.39, 0.29) is 29.0 Å². The molecule has 0 saturated heterocycles. The highest BCUT2D eigenvalue weighted by Crippen LogP contribution is 2.28. The highest BCUT2D eigenvalue weighted by Gasteiger charge is 2.32. The summed E-state index contributed by atoms with van der Waals surface area (Å²) in [5.41, 5.74) is 2.96. The molecule has 9 heteroatoms. The SMILES string of the molecule is Cc1ccc(S(=O)(=O)N(CC(=O)N(CCc2ccccc2)[C@H](C)C(=O)NCC(C)C)c2ccc(C)c(Cl)c2)cc1. The molecule has 0 aliphatic rings. The van der Waals surface area contributed by atoms with E-state index in [0.29, 0.717) is 18.0 Å². The Morgan fingerprint density at radius 1 is 0.925 bits per heavy atom. The van der Waals surface area contributed by atoms with Crippen molar-refractivity contribution in [2.75, 3.05) is 23.9 Å². The number of rotatable bonds is 12. The van der Waals surface area contributed by atoms with Gasteiger partial charge in [-0.1, -0.05) is 79.5 Å². The van der Waals surface area contributed by atoms with E-state index in [9.17, 15) is 18.0 Å². The second kappa shape index (κ2) is 13.8. The van der Waals surface area contributed by atoms with Crippen molar-refractivity contribution in [3.05, 3.63) is 94.5 Å². The predicted octanol–water partition coefficient (Wildman–Crippen LogP) is 5.38. The molecule has 0 radical (unpaired) electrons. The van der Waals surface area contributed by atoms with Gasteiger partial charge in [0.05, 0.1) is 10.6 Å². The fourth-order valence-electron chi connectivity index (χ4n) is 4.13. The summed E-state index contributed by atoms with van der Waals surface area (Å²) in [7, 11) is -4.14. The third kappa shape index (κ3) is 8.08. The van der Waals surface area contributed by atoms with Crippen molar-refractivity contribution in [3.8, 4) is 0 Å². The monoisotopic (exact) mass is 583 g/mol. The summed E-state index contributed by atoms with van der Waals surface area (Å²) >= 11 is 6.37. The molecular weight excluding hydrogens is 546 g/mol. The van der Waals surface area contributed by atoms with E-state index in [4.69, 9.17) is 11.6 Å². The molecule has 0 fully saturated rings. The van der Waals surface area contributed by atoms with E-state index < -0.39 is 28.5 Å². The van der Waals surface area contributed by atoms with Gasteiger partial charge in [-0.2, -0.15) is 0 Å². The van der Waals surface area contributed by atoms with Crippen molar-refractivity contribution in [2.45, 2.75) is 52.0 Å². The summed E-state index contributed by atoms with van der Waals surface area (Å²) < 4.78 is 28.9. The van der Waals surface area contributed by atoms with Gasteiger partial charge >= 0.3 is 0 Å². The quantitative estimate of drug-likeness (QED) is 0.310. The molecule has 3 rings (SSSR count). The van der Waals surface area contributed by atoms with Crippen LogP contribution in [0, 0.1) is 19.8 Å². The lowest BCUT2D eigenvalue weighted by atomic mass is 10.1. The van der Waals surface area contributed by atoms with Gasteiger partial charge in [-0.15, -0.1) is 0 Å². The van der Waals surface area contributed by atoms with Crippen LogP contribution >= 0.6 is 11.6 Å². The number of halogens is 1. The molecule has 1 atom stereocenters. The van der Waals surface area contributed by atoms with Crippen LogP contribution in [0.2, 0.25) is 5.02 Å². The van der Waals surface area contributed by atoms with E-state index in [0.717, 1.165) is 21.0 Å². The Morgan fingerprint density at radius 2 is 1.57 bits per heavy atom. The molecule has 40 heavy (non-hydrogen) atoms. The van der Waals surface area contributed by atoms with Gasteiger partial charge in [0.25, 0.3) is 10.0 Å². The summed E-state index contributed by atoms with van der Waals surface area (Å²) in [5, 5.41) is 3.28. The topological polar surface area (TPSA) is 86.8 Å². The Labute approximate surface area is 243 Å². The molecular formula is C31H38ClN3O4S. The Morgan fingerprint density at radius 3 is 2.17 bits per heavy atom. The standard InChI is InChI=1S/C31H38ClN3O4S/c1-22(2)20-33-31(37)25(5)34(18-17-26-9-7-6-8-10-26)30(36)21-35(27-14-13-24(4)29(32)19-27)40(38,39)28-15-11-23(3)12-16-28/h6-16,19,22,25H,17-18,20-21H2,1-5H3,(H,33,37)/t25-/m1/s1. The number of sulfonamides is 1. The molecule has 0 aromatic heterocycles. The van der Waals surface area contributed by atoms with Crippen molar-refractivity contribution >= 4 is 39.1 Å². The average Bonchev–Trinajstić information content (AvgIpc) is 2.92. The Hall–Kier alpha value is -3.36. The fraction of sp³-hybridized carbons (Fsp3) is 0.355. The largest absolute Gasteiger partial charge is 0.354 e. The molecule has 7 nitrogen and oxygen atoms in total. The molecule has 0 aliphatic heterocycles. The van der Waals surface area contributed by atoms with Gasteiger partial charge in [0.15, 0.2) is 0 Å². The maximum atomic E-state index is 13.9. The van der Waals surface area contributed by atoms with Crippen molar-refractivity contribution in [3.63, 3.8) is 0 Å². The van der Waals surface area contributed by atoms with Crippen LogP contribution in [0.4, 0.5) is 5.69 Å². The van der Waals surface area contributed by atoms with Crippen molar-refractivity contribution in [1.29, 1.82) is 0 Å². The second-order valence-corrected chi connectivity index (χ2v) is 12.7. The van der Waals surface area contributed by atoms with E-state index in [1.165, 1.54) is 17.0 Å². The van der Waals surface area contributed by atoms with Gasteiger partial charge in [0, 0.05) is 18.1 Å². The first-order valence-electron chi connectivity index (χ1n) is 13.4. The number of carbonyl (C=O) groups is 2. The predicted molar refractivity (Wildman–Crippen MR) is 161 cm³/mol. The molecule has 0 unspecified atom stereocenters. The molecule has 2 amide bonds. The minimum absolute atomic E-state index is 0.0566. The highest BCUT2D eigenvalue weighted by atomic mass is 35.5. The molecule has 0 spiro atoms. The van der Waals surface area contributed by atoms with Crippen molar-refractivity contribution < 1.29 is 18.0 Å². The molecule has 0 heterocycles. The van der Waals surface area contributed by atoms with Gasteiger partial charge in [-0.25, -0.2) is 8.42 Å². The fourth-order valence-corrected chi connectivity index (χ4v) is 5.71. The zero-order valence-electron chi connectivity index (χ0n) is 23.7. The summed E-state index contributed by atoms with van der Waals surface area (Å²) in [6.45, 7) is 9.55. The first-order chi connectivity index (χ1) is 18.9. The number of nitrogens with one attached hydrogen (secondary N) is 1. The third-order valence-electron chi connectivity index (χ3n) is 6.67. The average molecular weight is 584 g/mol. The number of carbonyl (C=O) groups excluding carboxylic acids is 2. The Kier molecular flexibility index (Phi) is 10.8. The van der Waals surface area contributed by atoms with Crippen LogP contribution < -0.4 is 9.62 Å². The van der Waals surface area contributed by atoms with Crippen LogP contribution in [0.15, 0.2) is 77.7 Å². The zero-order chi connectivity index (χ0) is 29.4. The zero-order valence-corrected chi connectivity index (χ0v) is 25.3. The minimum atomic E-state index is -4.14. The normalized spacial score (nSPS) is 12.2. The lowest BCUT2D eigenvalue weighted by molar-refractivity contribution is -0.138. The van der Waals surface area contributed by atoms with Crippen LogP contribution in [0.25, 0.3) is 0 Å². The summed E-state index contributed by atoms with van der Waals surface area (Å²) in [5.74, 6) is -0.539. The van der Waals surface area contributed by atoms with Crippen LogP contribution in [0.1, 0.15) is 37.5 Å². The summed E-state index contributed by atoms with van der Waals surface area (Å²) in [6.07, 6.45) is 0.509. The summed E-state index contributed by atoms with van der Waals surface area (Å²) in [4.78, 5) is 28.5. The molecule has 214 valence electrons. The number of nitrogens with zero attached hydrogens (tertiary/aromatic N) is 2. The molecule has 3 aromatic rings. The van der Waals surface area contributed by atoms with Crippen molar-refractivity contribution in [1.82, 2.24) is 10.2 Å². The van der Waals surface area contributed by atoms with Gasteiger partial charge in [-0.05, 0) is 68.5 Å². The van der Waals surface area contributed by atoms with Crippen LogP contribution in [0.3, 0.4) is 0 Å². The number of hydrogen-bond donors (Lipinski definition) is 1. The van der Waals surface area contributed by atoms with Gasteiger partial charge in [0.2, 0.25) is 11.8 Å². The molecule has 0 aliphatic carbocycles. The Balaban J connectivity index is 1.98. The van der Waals surface area contributed by atoms with Gasteiger partial charge < -0.3 is 10.2 Å². The van der Waals surface area contributed by atoms with E-state index >= 15 is 0 Å².